The zero-order valence-corrected chi connectivity index (χ0v) is 13.9. The highest BCUT2D eigenvalue weighted by Crippen LogP contribution is 2.43. The summed E-state index contributed by atoms with van der Waals surface area (Å²) in [5, 5.41) is -0.238. The molecule has 24 heavy (non-hydrogen) atoms. The lowest BCUT2D eigenvalue weighted by Gasteiger charge is -2.21. The molecule has 124 valence electrons. The number of alkyl halides is 3. The number of amides is 2. The predicted molar refractivity (Wildman–Crippen MR) is 83.4 cm³/mol. The van der Waals surface area contributed by atoms with Gasteiger partial charge in [-0.05, 0) is 24.3 Å². The van der Waals surface area contributed by atoms with Gasteiger partial charge in [-0.25, -0.2) is 4.90 Å². The topological polar surface area (TPSA) is 46.6 Å². The van der Waals surface area contributed by atoms with Crippen molar-refractivity contribution >= 4 is 45.0 Å². The standard InChI is InChI=1S/C15H6BrClF3NO3/c16-7-5-10(17)12(11(6-7)24-15(18,19)20)21-13(22)8-3-1-2-4-9(8)14(21)23/h1-6H. The molecule has 0 radical (unpaired) electrons. The summed E-state index contributed by atoms with van der Waals surface area (Å²) in [6.45, 7) is 0. The van der Waals surface area contributed by atoms with Crippen LogP contribution in [-0.2, 0) is 0 Å². The van der Waals surface area contributed by atoms with Gasteiger partial charge >= 0.3 is 6.36 Å². The summed E-state index contributed by atoms with van der Waals surface area (Å²) in [5.41, 5.74) is -0.290. The Morgan fingerprint density at radius 2 is 1.58 bits per heavy atom. The summed E-state index contributed by atoms with van der Waals surface area (Å²) in [7, 11) is 0. The Balaban J connectivity index is 2.17. The molecule has 1 aliphatic rings. The van der Waals surface area contributed by atoms with E-state index in [1.807, 2.05) is 0 Å². The minimum Gasteiger partial charge on any atom is -0.403 e. The molecule has 2 amide bonds. The second-order valence-corrected chi connectivity index (χ2v) is 6.10. The van der Waals surface area contributed by atoms with E-state index in [4.69, 9.17) is 11.6 Å². The summed E-state index contributed by atoms with van der Waals surface area (Å²) >= 11 is 9.00. The van der Waals surface area contributed by atoms with Gasteiger partial charge in [0.25, 0.3) is 11.8 Å². The zero-order chi connectivity index (χ0) is 17.6. The monoisotopic (exact) mass is 419 g/mol. The van der Waals surface area contributed by atoms with Gasteiger partial charge in [-0.1, -0.05) is 39.7 Å². The lowest BCUT2D eigenvalue weighted by molar-refractivity contribution is -0.274. The largest absolute Gasteiger partial charge is 0.573 e. The molecule has 0 spiro atoms. The van der Waals surface area contributed by atoms with Crippen molar-refractivity contribution in [1.29, 1.82) is 0 Å². The number of hydrogen-bond acceptors (Lipinski definition) is 3. The number of halogens is 5. The highest BCUT2D eigenvalue weighted by molar-refractivity contribution is 9.10. The lowest BCUT2D eigenvalue weighted by atomic mass is 10.1. The van der Waals surface area contributed by atoms with Crippen LogP contribution in [0.1, 0.15) is 20.7 Å². The average molecular weight is 421 g/mol. The van der Waals surface area contributed by atoms with Gasteiger partial charge in [0.05, 0.1) is 16.1 Å². The first-order valence-electron chi connectivity index (χ1n) is 6.41. The number of nitrogens with zero attached hydrogens (tertiary/aromatic N) is 1. The highest BCUT2D eigenvalue weighted by Gasteiger charge is 2.41. The van der Waals surface area contributed by atoms with Crippen LogP contribution >= 0.6 is 27.5 Å². The van der Waals surface area contributed by atoms with Gasteiger partial charge in [0.2, 0.25) is 0 Å². The average Bonchev–Trinajstić information content (AvgIpc) is 2.70. The Morgan fingerprint density at radius 1 is 1.04 bits per heavy atom. The number of carbonyl (C=O) groups is 2. The van der Waals surface area contributed by atoms with E-state index in [9.17, 15) is 22.8 Å². The van der Waals surface area contributed by atoms with Crippen molar-refractivity contribution in [2.75, 3.05) is 4.90 Å². The Hall–Kier alpha value is -2.06. The normalized spacial score (nSPS) is 14.1. The van der Waals surface area contributed by atoms with Crippen molar-refractivity contribution in [3.8, 4) is 5.75 Å². The Morgan fingerprint density at radius 3 is 2.08 bits per heavy atom. The molecule has 0 aliphatic carbocycles. The Bertz CT molecular complexity index is 835. The third kappa shape index (κ3) is 2.87. The maximum atomic E-state index is 12.7. The van der Waals surface area contributed by atoms with Crippen LogP contribution in [0.4, 0.5) is 18.9 Å². The van der Waals surface area contributed by atoms with Gasteiger partial charge in [-0.3, -0.25) is 9.59 Å². The summed E-state index contributed by atoms with van der Waals surface area (Å²) in [6.07, 6.45) is -5.02. The molecule has 0 bridgehead atoms. The van der Waals surface area contributed by atoms with E-state index in [0.717, 1.165) is 6.07 Å². The number of rotatable bonds is 2. The molecule has 0 saturated heterocycles. The molecule has 3 rings (SSSR count). The SMILES string of the molecule is O=C1c2ccccc2C(=O)N1c1c(Cl)cc(Br)cc1OC(F)(F)F. The van der Waals surface area contributed by atoms with E-state index in [0.29, 0.717) is 4.90 Å². The fourth-order valence-electron chi connectivity index (χ4n) is 2.35. The molecule has 0 unspecified atom stereocenters. The summed E-state index contributed by atoms with van der Waals surface area (Å²) in [6, 6.07) is 8.16. The third-order valence-corrected chi connectivity index (χ3v) is 3.98. The molecule has 0 atom stereocenters. The van der Waals surface area contributed by atoms with Gasteiger partial charge in [0.15, 0.2) is 5.75 Å². The smallest absolute Gasteiger partial charge is 0.403 e. The molecule has 4 nitrogen and oxygen atoms in total. The second-order valence-electron chi connectivity index (χ2n) is 4.77. The summed E-state index contributed by atoms with van der Waals surface area (Å²) in [5.74, 6) is -2.30. The summed E-state index contributed by atoms with van der Waals surface area (Å²) in [4.78, 5) is 25.5. The Labute approximate surface area is 146 Å². The van der Waals surface area contributed by atoms with Crippen molar-refractivity contribution in [3.05, 3.63) is 57.0 Å². The van der Waals surface area contributed by atoms with Crippen LogP contribution in [0.2, 0.25) is 5.02 Å². The molecular weight excluding hydrogens is 415 g/mol. The second kappa shape index (κ2) is 5.78. The van der Waals surface area contributed by atoms with Crippen LogP contribution in [0.5, 0.6) is 5.75 Å². The van der Waals surface area contributed by atoms with Crippen molar-refractivity contribution in [3.63, 3.8) is 0 Å². The third-order valence-electron chi connectivity index (χ3n) is 3.24. The number of hydrogen-bond donors (Lipinski definition) is 0. The number of fused-ring (bicyclic) bond motifs is 1. The van der Waals surface area contributed by atoms with Crippen LogP contribution in [0, 0.1) is 0 Å². The van der Waals surface area contributed by atoms with Crippen molar-refractivity contribution in [1.82, 2.24) is 0 Å². The van der Waals surface area contributed by atoms with Crippen LogP contribution < -0.4 is 9.64 Å². The molecule has 1 aliphatic heterocycles. The first-order valence-corrected chi connectivity index (χ1v) is 7.59. The van der Waals surface area contributed by atoms with E-state index in [-0.39, 0.29) is 20.6 Å². The molecule has 2 aromatic carbocycles. The molecule has 0 saturated carbocycles. The van der Waals surface area contributed by atoms with Gasteiger partial charge < -0.3 is 4.74 Å². The molecular formula is C15H6BrClF3NO3. The quantitative estimate of drug-likeness (QED) is 0.656. The molecule has 0 aromatic heterocycles. The number of anilines is 1. The fourth-order valence-corrected chi connectivity index (χ4v) is 3.22. The van der Waals surface area contributed by atoms with Crippen molar-refractivity contribution in [2.24, 2.45) is 0 Å². The first-order chi connectivity index (χ1) is 11.2. The van der Waals surface area contributed by atoms with Crippen molar-refractivity contribution < 1.29 is 27.5 Å². The number of benzene rings is 2. The van der Waals surface area contributed by atoms with Crippen LogP contribution in [0.25, 0.3) is 0 Å². The first kappa shape index (κ1) is 16.8. The van der Waals surface area contributed by atoms with Crippen molar-refractivity contribution in [2.45, 2.75) is 6.36 Å². The van der Waals surface area contributed by atoms with Crippen LogP contribution in [-0.4, -0.2) is 18.2 Å². The predicted octanol–water partition coefficient (Wildman–Crippen LogP) is 4.80. The fraction of sp³-hybridized carbons (Fsp3) is 0.0667. The lowest BCUT2D eigenvalue weighted by Crippen LogP contribution is -2.31. The molecule has 9 heteroatoms. The van der Waals surface area contributed by atoms with E-state index < -0.39 is 29.6 Å². The summed E-state index contributed by atoms with van der Waals surface area (Å²) < 4.78 is 42.1. The zero-order valence-electron chi connectivity index (χ0n) is 11.5. The maximum Gasteiger partial charge on any atom is 0.573 e. The maximum absolute atomic E-state index is 12.7. The van der Waals surface area contributed by atoms with Crippen LogP contribution in [0.15, 0.2) is 40.9 Å². The van der Waals surface area contributed by atoms with Crippen LogP contribution in [0.3, 0.4) is 0 Å². The van der Waals surface area contributed by atoms with Gasteiger partial charge in [-0.15, -0.1) is 13.2 Å². The van der Waals surface area contributed by atoms with Gasteiger partial charge in [0.1, 0.15) is 5.69 Å². The van der Waals surface area contributed by atoms with Gasteiger partial charge in [-0.2, -0.15) is 0 Å². The highest BCUT2D eigenvalue weighted by atomic mass is 79.9. The molecule has 1 heterocycles. The van der Waals surface area contributed by atoms with E-state index in [1.165, 1.54) is 18.2 Å². The minimum absolute atomic E-state index is 0.0828. The van der Waals surface area contributed by atoms with Gasteiger partial charge in [0, 0.05) is 4.47 Å². The van der Waals surface area contributed by atoms with E-state index >= 15 is 0 Å². The molecule has 2 aromatic rings. The number of ether oxygens (including phenoxy) is 1. The van der Waals surface area contributed by atoms with E-state index in [1.54, 1.807) is 12.1 Å². The Kier molecular flexibility index (Phi) is 4.05. The molecule has 0 fully saturated rings. The number of imide groups is 1. The molecule has 0 N–H and O–H groups in total. The number of carbonyl (C=O) groups excluding carboxylic acids is 2. The minimum atomic E-state index is -5.02. The van der Waals surface area contributed by atoms with E-state index in [2.05, 4.69) is 20.7 Å².